The van der Waals surface area contributed by atoms with Gasteiger partial charge in [0.15, 0.2) is 23.9 Å². The number of aromatic nitrogens is 2. The smallest absolute Gasteiger partial charge is 0.387 e. The van der Waals surface area contributed by atoms with Crippen molar-refractivity contribution in [3.8, 4) is 17.2 Å². The van der Waals surface area contributed by atoms with Crippen LogP contribution in [0, 0.1) is 6.92 Å². The maximum absolute atomic E-state index is 12.5. The number of nitrogens with one attached hydrogen (secondary N) is 1. The summed E-state index contributed by atoms with van der Waals surface area (Å²) in [5.41, 5.74) is 1.38. The van der Waals surface area contributed by atoms with Gasteiger partial charge in [0, 0.05) is 23.0 Å². The summed E-state index contributed by atoms with van der Waals surface area (Å²) < 4.78 is 41.8. The molecule has 1 N–H and O–H groups in total. The summed E-state index contributed by atoms with van der Waals surface area (Å²) in [6, 6.07) is 10.9. The van der Waals surface area contributed by atoms with E-state index in [9.17, 15) is 13.6 Å². The quantitative estimate of drug-likeness (QED) is 0.488. The van der Waals surface area contributed by atoms with E-state index in [1.54, 1.807) is 31.3 Å². The Kier molecular flexibility index (Phi) is 7.30. The Bertz CT molecular complexity index is 1060. The van der Waals surface area contributed by atoms with E-state index < -0.39 is 12.5 Å². The summed E-state index contributed by atoms with van der Waals surface area (Å²) in [6.45, 7) is 0.936. The fourth-order valence-electron chi connectivity index (χ4n) is 2.64. The van der Waals surface area contributed by atoms with Crippen LogP contribution < -0.4 is 19.5 Å². The maximum Gasteiger partial charge on any atom is 0.387 e. The molecule has 0 fully saturated rings. The first-order valence-corrected chi connectivity index (χ1v) is 9.69. The lowest BCUT2D eigenvalue weighted by atomic mass is 10.2. The Labute approximate surface area is 182 Å². The van der Waals surface area contributed by atoms with Gasteiger partial charge in [-0.2, -0.15) is 13.9 Å². The van der Waals surface area contributed by atoms with Crippen LogP contribution in [-0.2, 0) is 6.73 Å². The number of carbonyl (C=O) groups excluding carboxylic acids is 1. The van der Waals surface area contributed by atoms with Gasteiger partial charge in [-0.3, -0.25) is 4.79 Å². The average molecular weight is 452 g/mol. The Morgan fingerprint density at radius 2 is 1.97 bits per heavy atom. The first kappa shape index (κ1) is 22.4. The Hall–Kier alpha value is -3.33. The molecule has 164 valence electrons. The molecule has 1 heterocycles. The lowest BCUT2D eigenvalue weighted by Crippen LogP contribution is -2.14. The van der Waals surface area contributed by atoms with Gasteiger partial charge in [-0.15, -0.1) is 0 Å². The third-order valence-electron chi connectivity index (χ3n) is 4.08. The molecule has 0 aliphatic rings. The lowest BCUT2D eigenvalue weighted by molar-refractivity contribution is -0.0514. The molecular formula is C21H20ClF2N3O4. The second-order valence-corrected chi connectivity index (χ2v) is 6.76. The van der Waals surface area contributed by atoms with Crippen LogP contribution in [0.25, 0.3) is 0 Å². The fraction of sp³-hybridized carbons (Fsp3) is 0.238. The highest BCUT2D eigenvalue weighted by atomic mass is 35.5. The number of anilines is 1. The molecule has 0 saturated heterocycles. The van der Waals surface area contributed by atoms with Crippen molar-refractivity contribution in [2.24, 2.45) is 0 Å². The van der Waals surface area contributed by atoms with Crippen molar-refractivity contribution >= 4 is 23.2 Å². The average Bonchev–Trinajstić information content (AvgIpc) is 3.20. The first-order chi connectivity index (χ1) is 14.9. The largest absolute Gasteiger partial charge is 0.490 e. The van der Waals surface area contributed by atoms with Crippen LogP contribution in [0.5, 0.6) is 17.2 Å². The predicted molar refractivity (Wildman–Crippen MR) is 111 cm³/mol. The van der Waals surface area contributed by atoms with Gasteiger partial charge in [-0.1, -0.05) is 11.6 Å². The summed E-state index contributed by atoms with van der Waals surface area (Å²) >= 11 is 5.99. The zero-order valence-corrected chi connectivity index (χ0v) is 17.5. The number of nitrogens with zero attached hydrogens (tertiary/aromatic N) is 2. The fourth-order valence-corrected chi connectivity index (χ4v) is 2.76. The van der Waals surface area contributed by atoms with E-state index in [0.717, 1.165) is 5.56 Å². The minimum atomic E-state index is -2.98. The molecule has 7 nitrogen and oxygen atoms in total. The molecule has 2 aromatic carbocycles. The first-order valence-electron chi connectivity index (χ1n) is 9.31. The monoisotopic (exact) mass is 451 g/mol. The molecule has 3 rings (SSSR count). The molecule has 0 saturated carbocycles. The molecule has 0 spiro atoms. The van der Waals surface area contributed by atoms with Gasteiger partial charge >= 0.3 is 6.61 Å². The van der Waals surface area contributed by atoms with Gasteiger partial charge in [-0.25, -0.2) is 4.68 Å². The van der Waals surface area contributed by atoms with E-state index in [4.69, 9.17) is 21.1 Å². The van der Waals surface area contributed by atoms with Crippen molar-refractivity contribution in [3.05, 3.63) is 64.9 Å². The number of rotatable bonds is 9. The van der Waals surface area contributed by atoms with Gasteiger partial charge in [0.05, 0.1) is 6.61 Å². The molecule has 0 aliphatic carbocycles. The summed E-state index contributed by atoms with van der Waals surface area (Å²) in [7, 11) is 0. The van der Waals surface area contributed by atoms with Gasteiger partial charge in [-0.05, 0) is 55.8 Å². The van der Waals surface area contributed by atoms with Crippen molar-refractivity contribution in [3.63, 3.8) is 0 Å². The zero-order chi connectivity index (χ0) is 22.4. The van der Waals surface area contributed by atoms with E-state index in [1.165, 1.54) is 28.9 Å². The lowest BCUT2D eigenvalue weighted by Gasteiger charge is -2.13. The Balaban J connectivity index is 1.63. The number of hydrogen-bond donors (Lipinski definition) is 1. The number of alkyl halides is 2. The number of aryl methyl sites for hydroxylation is 1. The van der Waals surface area contributed by atoms with Gasteiger partial charge in [0.2, 0.25) is 0 Å². The Morgan fingerprint density at radius 3 is 2.68 bits per heavy atom. The predicted octanol–water partition coefficient (Wildman–Crippen LogP) is 5.13. The summed E-state index contributed by atoms with van der Waals surface area (Å²) in [5, 5.41) is 7.47. The highest BCUT2D eigenvalue weighted by Gasteiger charge is 2.15. The SMILES string of the molecule is CCOc1cc(NC(=O)c2ccn(COc3ccc(Cl)c(C)c3)n2)ccc1OC(F)F. The summed E-state index contributed by atoms with van der Waals surface area (Å²) in [6.07, 6.45) is 1.60. The minimum Gasteiger partial charge on any atom is -0.490 e. The normalized spacial score (nSPS) is 10.8. The minimum absolute atomic E-state index is 0.0952. The van der Waals surface area contributed by atoms with E-state index >= 15 is 0 Å². The molecule has 0 unspecified atom stereocenters. The van der Waals surface area contributed by atoms with Gasteiger partial charge < -0.3 is 19.5 Å². The van der Waals surface area contributed by atoms with Crippen LogP contribution in [0.2, 0.25) is 5.02 Å². The third-order valence-corrected chi connectivity index (χ3v) is 4.51. The van der Waals surface area contributed by atoms with Gasteiger partial charge in [0.1, 0.15) is 5.75 Å². The van der Waals surface area contributed by atoms with Crippen LogP contribution >= 0.6 is 11.6 Å². The van der Waals surface area contributed by atoms with E-state index in [-0.39, 0.29) is 30.5 Å². The van der Waals surface area contributed by atoms with Crippen molar-refractivity contribution < 1.29 is 27.8 Å². The van der Waals surface area contributed by atoms with Crippen LogP contribution in [0.4, 0.5) is 14.5 Å². The zero-order valence-electron chi connectivity index (χ0n) is 16.8. The van der Waals surface area contributed by atoms with Crippen LogP contribution in [0.15, 0.2) is 48.7 Å². The number of benzene rings is 2. The van der Waals surface area contributed by atoms with Crippen molar-refractivity contribution in [2.75, 3.05) is 11.9 Å². The summed E-state index contributed by atoms with van der Waals surface area (Å²) in [4.78, 5) is 12.5. The van der Waals surface area contributed by atoms with Crippen LogP contribution in [-0.4, -0.2) is 28.9 Å². The highest BCUT2D eigenvalue weighted by molar-refractivity contribution is 6.31. The molecule has 0 aliphatic heterocycles. The Morgan fingerprint density at radius 1 is 1.16 bits per heavy atom. The molecule has 3 aromatic rings. The number of halogens is 3. The van der Waals surface area contributed by atoms with Crippen molar-refractivity contribution in [2.45, 2.75) is 27.2 Å². The number of ether oxygens (including phenoxy) is 3. The van der Waals surface area contributed by atoms with Gasteiger partial charge in [0.25, 0.3) is 5.91 Å². The number of amides is 1. The number of hydrogen-bond acceptors (Lipinski definition) is 5. The molecular weight excluding hydrogens is 432 g/mol. The molecule has 31 heavy (non-hydrogen) atoms. The topological polar surface area (TPSA) is 74.6 Å². The maximum atomic E-state index is 12.5. The highest BCUT2D eigenvalue weighted by Crippen LogP contribution is 2.32. The van der Waals surface area contributed by atoms with Crippen molar-refractivity contribution in [1.82, 2.24) is 9.78 Å². The molecule has 1 aromatic heterocycles. The molecule has 0 bridgehead atoms. The molecule has 0 radical (unpaired) electrons. The standard InChI is InChI=1S/C21H20ClF2N3O4/c1-3-29-19-11-14(4-7-18(19)31-21(23)24)25-20(28)17-8-9-27(26-17)12-30-15-5-6-16(22)13(2)10-15/h4-11,21H,3,12H2,1-2H3,(H,25,28). The second-order valence-electron chi connectivity index (χ2n) is 6.35. The van der Waals surface area contributed by atoms with E-state index in [0.29, 0.717) is 16.5 Å². The van der Waals surface area contributed by atoms with E-state index in [1.807, 2.05) is 6.92 Å². The number of carbonyl (C=O) groups is 1. The third kappa shape index (κ3) is 6.08. The van der Waals surface area contributed by atoms with Crippen LogP contribution in [0.1, 0.15) is 23.0 Å². The van der Waals surface area contributed by atoms with E-state index in [2.05, 4.69) is 15.2 Å². The summed E-state index contributed by atoms with van der Waals surface area (Å²) in [5.74, 6) is 0.121. The second kappa shape index (κ2) is 10.1. The molecule has 1 amide bonds. The molecule has 10 heteroatoms. The van der Waals surface area contributed by atoms with Crippen LogP contribution in [0.3, 0.4) is 0 Å². The van der Waals surface area contributed by atoms with Crippen molar-refractivity contribution in [1.29, 1.82) is 0 Å². The molecule has 0 atom stereocenters.